The van der Waals surface area contributed by atoms with Crippen molar-refractivity contribution in [3.8, 4) is 0 Å². The molecule has 0 aromatic heterocycles. The van der Waals surface area contributed by atoms with E-state index >= 15 is 0 Å². The van der Waals surface area contributed by atoms with E-state index in [-0.39, 0.29) is 0 Å². The first-order valence-corrected chi connectivity index (χ1v) is 6.81. The summed E-state index contributed by atoms with van der Waals surface area (Å²) in [5.74, 6) is 0. The average molecular weight is 314 g/mol. The molecule has 2 aromatic rings. The number of hydrogen-bond donors (Lipinski definition) is 0. The fraction of sp³-hybridized carbons (Fsp3) is 0.125. The van der Waals surface area contributed by atoms with Crippen LogP contribution in [0.15, 0.2) is 72.8 Å². The normalized spacial score (nSPS) is 13.4. The van der Waals surface area contributed by atoms with Gasteiger partial charge >= 0.3 is 0 Å². The van der Waals surface area contributed by atoms with Gasteiger partial charge in [-0.15, -0.1) is 10.1 Å². The Labute approximate surface area is 132 Å². The van der Waals surface area contributed by atoms with E-state index < -0.39 is 22.2 Å². The molecule has 2 aromatic carbocycles. The highest BCUT2D eigenvalue weighted by atomic mass is 17.0. The van der Waals surface area contributed by atoms with Crippen LogP contribution in [0.25, 0.3) is 0 Å². The van der Waals surface area contributed by atoms with Crippen LogP contribution in [0.2, 0.25) is 0 Å². The van der Waals surface area contributed by atoms with Gasteiger partial charge in [-0.2, -0.15) is 0 Å². The SMILES string of the molecule is O=[N+]([O-])OC(/C=C/C(c1ccccc1)[N+](=O)[O-])c1ccccc1. The summed E-state index contributed by atoms with van der Waals surface area (Å²) in [6, 6.07) is 15.8. The first kappa shape index (κ1) is 16.2. The molecule has 2 unspecified atom stereocenters. The van der Waals surface area contributed by atoms with Gasteiger partial charge in [0.05, 0.1) is 0 Å². The summed E-state index contributed by atoms with van der Waals surface area (Å²) in [6.45, 7) is 0. The highest BCUT2D eigenvalue weighted by molar-refractivity contribution is 5.24. The Morgan fingerprint density at radius 2 is 1.35 bits per heavy atom. The third kappa shape index (κ3) is 4.63. The second-order valence-electron chi connectivity index (χ2n) is 4.69. The number of hydrogen-bond acceptors (Lipinski definition) is 5. The third-order valence-corrected chi connectivity index (χ3v) is 3.16. The van der Waals surface area contributed by atoms with Gasteiger partial charge in [0.15, 0.2) is 6.10 Å². The molecule has 7 nitrogen and oxygen atoms in total. The lowest BCUT2D eigenvalue weighted by molar-refractivity contribution is -0.767. The van der Waals surface area contributed by atoms with Crippen LogP contribution in [0.5, 0.6) is 0 Å². The second-order valence-corrected chi connectivity index (χ2v) is 4.69. The molecule has 7 heteroatoms. The van der Waals surface area contributed by atoms with Crippen LogP contribution in [0.1, 0.15) is 23.3 Å². The Kier molecular flexibility index (Phi) is 5.40. The number of benzene rings is 2. The van der Waals surface area contributed by atoms with Crippen molar-refractivity contribution in [1.82, 2.24) is 0 Å². The molecule has 118 valence electrons. The van der Waals surface area contributed by atoms with Crippen molar-refractivity contribution < 1.29 is 14.8 Å². The Morgan fingerprint density at radius 3 is 1.83 bits per heavy atom. The van der Waals surface area contributed by atoms with E-state index in [2.05, 4.69) is 4.84 Å². The molecule has 0 fully saturated rings. The van der Waals surface area contributed by atoms with Crippen molar-refractivity contribution in [3.05, 3.63) is 104 Å². The minimum Gasteiger partial charge on any atom is -0.302 e. The van der Waals surface area contributed by atoms with Gasteiger partial charge in [0.25, 0.3) is 11.1 Å². The first-order chi connectivity index (χ1) is 11.1. The predicted octanol–water partition coefficient (Wildman–Crippen LogP) is 3.51. The van der Waals surface area contributed by atoms with Crippen LogP contribution in [-0.2, 0) is 4.84 Å². The summed E-state index contributed by atoms with van der Waals surface area (Å²) in [5.41, 5.74) is 1.03. The first-order valence-electron chi connectivity index (χ1n) is 6.81. The summed E-state index contributed by atoms with van der Waals surface area (Å²) in [5, 5.41) is 21.0. The molecular weight excluding hydrogens is 300 g/mol. The van der Waals surface area contributed by atoms with Gasteiger partial charge in [0.2, 0.25) is 0 Å². The van der Waals surface area contributed by atoms with Gasteiger partial charge in [0, 0.05) is 10.5 Å². The molecule has 0 aliphatic heterocycles. The molecule has 2 atom stereocenters. The molecule has 0 radical (unpaired) electrons. The molecule has 0 saturated carbocycles. The Morgan fingerprint density at radius 1 is 0.826 bits per heavy atom. The van der Waals surface area contributed by atoms with Crippen LogP contribution >= 0.6 is 0 Å². The van der Waals surface area contributed by atoms with Crippen molar-refractivity contribution in [2.45, 2.75) is 12.1 Å². The Bertz CT molecular complexity index is 688. The maximum atomic E-state index is 11.3. The van der Waals surface area contributed by atoms with E-state index in [1.807, 2.05) is 0 Å². The van der Waals surface area contributed by atoms with Gasteiger partial charge in [-0.1, -0.05) is 60.7 Å². The highest BCUT2D eigenvalue weighted by Gasteiger charge is 2.20. The summed E-state index contributed by atoms with van der Waals surface area (Å²) >= 11 is 0. The van der Waals surface area contributed by atoms with E-state index in [9.17, 15) is 20.2 Å². The molecule has 0 heterocycles. The minimum absolute atomic E-state index is 0.458. The Hall–Kier alpha value is -3.22. The van der Waals surface area contributed by atoms with E-state index in [1.165, 1.54) is 12.2 Å². The van der Waals surface area contributed by atoms with Crippen LogP contribution in [-0.4, -0.2) is 10.0 Å². The smallest absolute Gasteiger partial charge is 0.295 e. The molecule has 0 spiro atoms. The Balaban J connectivity index is 2.27. The van der Waals surface area contributed by atoms with Crippen LogP contribution in [0.4, 0.5) is 0 Å². The summed E-state index contributed by atoms with van der Waals surface area (Å²) in [6.07, 6.45) is 1.63. The van der Waals surface area contributed by atoms with Gasteiger partial charge in [0.1, 0.15) is 0 Å². The van der Waals surface area contributed by atoms with Gasteiger partial charge < -0.3 is 4.84 Å². The maximum absolute atomic E-state index is 11.3. The average Bonchev–Trinajstić information content (AvgIpc) is 2.55. The second kappa shape index (κ2) is 7.69. The highest BCUT2D eigenvalue weighted by Crippen LogP contribution is 2.23. The summed E-state index contributed by atoms with van der Waals surface area (Å²) < 4.78 is 0. The van der Waals surface area contributed by atoms with Gasteiger partial charge in [-0.3, -0.25) is 10.1 Å². The minimum atomic E-state index is -1.10. The molecule has 0 aliphatic carbocycles. The number of rotatable bonds is 7. The molecule has 0 saturated heterocycles. The molecule has 2 rings (SSSR count). The monoisotopic (exact) mass is 314 g/mol. The van der Waals surface area contributed by atoms with Crippen molar-refractivity contribution >= 4 is 0 Å². The lowest BCUT2D eigenvalue weighted by Gasteiger charge is -2.11. The quantitative estimate of drug-likeness (QED) is 0.442. The maximum Gasteiger partial charge on any atom is 0.295 e. The predicted molar refractivity (Wildman–Crippen MR) is 82.6 cm³/mol. The molecule has 0 bridgehead atoms. The number of nitrogens with zero attached hydrogens (tertiary/aromatic N) is 2. The standard InChI is InChI=1S/C16H14N2O5/c19-17(20)15(13-7-3-1-4-8-13)11-12-16(23-18(21)22)14-9-5-2-6-10-14/h1-12,15-16H/b12-11+. The molecule has 0 N–H and O–H groups in total. The van der Waals surface area contributed by atoms with Crippen LogP contribution < -0.4 is 0 Å². The fourth-order valence-electron chi connectivity index (χ4n) is 2.10. The van der Waals surface area contributed by atoms with Crippen LogP contribution in [0, 0.1) is 20.2 Å². The van der Waals surface area contributed by atoms with Crippen molar-refractivity contribution in [3.63, 3.8) is 0 Å². The van der Waals surface area contributed by atoms with E-state index in [0.29, 0.717) is 11.1 Å². The molecule has 0 aliphatic rings. The lowest BCUT2D eigenvalue weighted by atomic mass is 10.0. The topological polar surface area (TPSA) is 95.5 Å². The molecule has 23 heavy (non-hydrogen) atoms. The third-order valence-electron chi connectivity index (χ3n) is 3.16. The molecular formula is C16H14N2O5. The van der Waals surface area contributed by atoms with E-state index in [4.69, 9.17) is 0 Å². The van der Waals surface area contributed by atoms with Crippen molar-refractivity contribution in [2.75, 3.05) is 0 Å². The van der Waals surface area contributed by atoms with Crippen molar-refractivity contribution in [2.24, 2.45) is 0 Å². The zero-order chi connectivity index (χ0) is 16.7. The van der Waals surface area contributed by atoms with Crippen LogP contribution in [0.3, 0.4) is 0 Å². The van der Waals surface area contributed by atoms with E-state index in [0.717, 1.165) is 0 Å². The van der Waals surface area contributed by atoms with Gasteiger partial charge in [-0.25, -0.2) is 0 Å². The molecule has 0 amide bonds. The summed E-state index contributed by atoms with van der Waals surface area (Å²) in [4.78, 5) is 26.1. The van der Waals surface area contributed by atoms with Gasteiger partial charge in [-0.05, 0) is 17.7 Å². The van der Waals surface area contributed by atoms with Crippen molar-refractivity contribution in [1.29, 1.82) is 0 Å². The fourth-order valence-corrected chi connectivity index (χ4v) is 2.10. The summed E-state index contributed by atoms with van der Waals surface area (Å²) in [7, 11) is 0. The zero-order valence-electron chi connectivity index (χ0n) is 12.0. The number of nitro groups is 1. The zero-order valence-corrected chi connectivity index (χ0v) is 12.0. The van der Waals surface area contributed by atoms with E-state index in [1.54, 1.807) is 60.7 Å². The lowest BCUT2D eigenvalue weighted by Crippen LogP contribution is -2.10. The largest absolute Gasteiger partial charge is 0.302 e.